The summed E-state index contributed by atoms with van der Waals surface area (Å²) < 4.78 is 42.4. The van der Waals surface area contributed by atoms with Crippen molar-refractivity contribution < 1.29 is 22.7 Å². The number of esters is 1. The largest absolute Gasteiger partial charge is 0.465 e. The molecule has 0 aliphatic rings. The first-order valence-electron chi connectivity index (χ1n) is 3.40. The molecule has 0 aliphatic carbocycles. The van der Waals surface area contributed by atoms with Gasteiger partial charge < -0.3 is 4.74 Å². The molecule has 0 atom stereocenters. The third-order valence-corrected chi connectivity index (χ3v) is 1.78. The minimum absolute atomic E-state index is 0.668. The van der Waals surface area contributed by atoms with Gasteiger partial charge >= 0.3 is 5.97 Å². The van der Waals surface area contributed by atoms with Crippen LogP contribution in [0.25, 0.3) is 0 Å². The van der Waals surface area contributed by atoms with Crippen molar-refractivity contribution in [1.82, 2.24) is 0 Å². The lowest BCUT2D eigenvalue weighted by atomic mass is 10.2. The van der Waals surface area contributed by atoms with E-state index in [1.807, 2.05) is 0 Å². The Kier molecular flexibility index (Phi) is 3.00. The highest BCUT2D eigenvalue weighted by atomic mass is 35.5. The third-order valence-electron chi connectivity index (χ3n) is 1.51. The molecule has 0 aromatic heterocycles. The molecule has 2 nitrogen and oxygen atoms in total. The molecule has 6 heteroatoms. The molecule has 76 valence electrons. The zero-order chi connectivity index (χ0) is 10.9. The van der Waals surface area contributed by atoms with Gasteiger partial charge in [0.15, 0.2) is 17.5 Å². The number of halogens is 4. The van der Waals surface area contributed by atoms with Crippen LogP contribution in [-0.2, 0) is 4.74 Å². The molecule has 1 rings (SSSR count). The van der Waals surface area contributed by atoms with Gasteiger partial charge in [0, 0.05) is 0 Å². The van der Waals surface area contributed by atoms with Gasteiger partial charge in [0.25, 0.3) is 0 Å². The van der Waals surface area contributed by atoms with Gasteiger partial charge in [-0.2, -0.15) is 0 Å². The van der Waals surface area contributed by atoms with E-state index in [0.29, 0.717) is 6.07 Å². The van der Waals surface area contributed by atoms with Crippen LogP contribution in [0.3, 0.4) is 0 Å². The Hall–Kier alpha value is -1.23. The minimum Gasteiger partial charge on any atom is -0.465 e. The third kappa shape index (κ3) is 1.68. The quantitative estimate of drug-likeness (QED) is 0.416. The number of methoxy groups -OCH3 is 1. The summed E-state index contributed by atoms with van der Waals surface area (Å²) in [4.78, 5) is 10.8. The Morgan fingerprint density at radius 2 is 1.86 bits per heavy atom. The molecule has 0 heterocycles. The molecule has 0 radical (unpaired) electrons. The van der Waals surface area contributed by atoms with Crippen LogP contribution < -0.4 is 0 Å². The van der Waals surface area contributed by atoms with Gasteiger partial charge in [0.05, 0.1) is 12.1 Å². The molecule has 14 heavy (non-hydrogen) atoms. The van der Waals surface area contributed by atoms with Gasteiger partial charge in [0.1, 0.15) is 5.56 Å². The molecule has 0 N–H and O–H groups in total. The molecule has 0 unspecified atom stereocenters. The summed E-state index contributed by atoms with van der Waals surface area (Å²) in [6.07, 6.45) is 0. The Morgan fingerprint density at radius 1 is 1.29 bits per heavy atom. The van der Waals surface area contributed by atoms with Crippen LogP contribution in [0.1, 0.15) is 10.4 Å². The summed E-state index contributed by atoms with van der Waals surface area (Å²) in [5.74, 6) is -6.06. The topological polar surface area (TPSA) is 26.3 Å². The van der Waals surface area contributed by atoms with Crippen LogP contribution in [0.15, 0.2) is 6.07 Å². The van der Waals surface area contributed by atoms with Crippen LogP contribution in [0.5, 0.6) is 0 Å². The first-order chi connectivity index (χ1) is 6.49. The summed E-state index contributed by atoms with van der Waals surface area (Å²) in [6, 6.07) is 0.668. The van der Waals surface area contributed by atoms with E-state index in [2.05, 4.69) is 4.74 Å². The van der Waals surface area contributed by atoms with E-state index in [0.717, 1.165) is 7.11 Å². The van der Waals surface area contributed by atoms with Crippen molar-refractivity contribution in [3.8, 4) is 0 Å². The number of benzene rings is 1. The van der Waals surface area contributed by atoms with E-state index < -0.39 is 34.0 Å². The SMILES string of the molecule is COC(=O)c1cc(Cl)c(F)c(F)c1F. The van der Waals surface area contributed by atoms with Crippen molar-refractivity contribution in [3.05, 3.63) is 34.1 Å². The summed E-state index contributed by atoms with van der Waals surface area (Å²) in [7, 11) is 0.983. The Labute approximate surface area is 82.2 Å². The number of rotatable bonds is 1. The summed E-state index contributed by atoms with van der Waals surface area (Å²) in [5, 5.41) is -0.677. The second-order valence-electron chi connectivity index (χ2n) is 2.34. The average Bonchev–Trinajstić information content (AvgIpc) is 2.19. The van der Waals surface area contributed by atoms with Crippen molar-refractivity contribution in [1.29, 1.82) is 0 Å². The van der Waals surface area contributed by atoms with Gasteiger partial charge in [-0.3, -0.25) is 0 Å². The highest BCUT2D eigenvalue weighted by Crippen LogP contribution is 2.23. The lowest BCUT2D eigenvalue weighted by molar-refractivity contribution is 0.0594. The van der Waals surface area contributed by atoms with Gasteiger partial charge in [0.2, 0.25) is 0 Å². The fourth-order valence-corrected chi connectivity index (χ4v) is 1.02. The zero-order valence-corrected chi connectivity index (χ0v) is 7.66. The molecule has 0 saturated carbocycles. The first-order valence-corrected chi connectivity index (χ1v) is 3.78. The fraction of sp³-hybridized carbons (Fsp3) is 0.125. The zero-order valence-electron chi connectivity index (χ0n) is 6.91. The first kappa shape index (κ1) is 10.8. The monoisotopic (exact) mass is 224 g/mol. The van der Waals surface area contributed by atoms with Gasteiger partial charge in [-0.05, 0) is 6.07 Å². The van der Waals surface area contributed by atoms with E-state index >= 15 is 0 Å². The molecule has 0 spiro atoms. The predicted octanol–water partition coefficient (Wildman–Crippen LogP) is 2.54. The fourth-order valence-electron chi connectivity index (χ4n) is 0.831. The molecular formula is C8H4ClF3O2. The van der Waals surface area contributed by atoms with E-state index in [-0.39, 0.29) is 0 Å². The second kappa shape index (κ2) is 3.88. The molecular weight excluding hydrogens is 221 g/mol. The van der Waals surface area contributed by atoms with Crippen LogP contribution >= 0.6 is 11.6 Å². The number of ether oxygens (including phenoxy) is 1. The lowest BCUT2D eigenvalue weighted by Gasteiger charge is -2.03. The van der Waals surface area contributed by atoms with Crippen LogP contribution in [-0.4, -0.2) is 13.1 Å². The van der Waals surface area contributed by atoms with Crippen molar-refractivity contribution in [3.63, 3.8) is 0 Å². The number of carbonyl (C=O) groups excluding carboxylic acids is 1. The summed E-state index contributed by atoms with van der Waals surface area (Å²) >= 11 is 5.20. The van der Waals surface area contributed by atoms with Crippen molar-refractivity contribution in [2.75, 3.05) is 7.11 Å². The maximum atomic E-state index is 12.9. The van der Waals surface area contributed by atoms with Crippen LogP contribution in [0.4, 0.5) is 13.2 Å². The molecule has 1 aromatic rings. The second-order valence-corrected chi connectivity index (χ2v) is 2.75. The van der Waals surface area contributed by atoms with E-state index in [9.17, 15) is 18.0 Å². The highest BCUT2D eigenvalue weighted by molar-refractivity contribution is 6.31. The van der Waals surface area contributed by atoms with E-state index in [4.69, 9.17) is 11.6 Å². The number of hydrogen-bond donors (Lipinski definition) is 0. The maximum absolute atomic E-state index is 12.9. The lowest BCUT2D eigenvalue weighted by Crippen LogP contribution is -2.07. The van der Waals surface area contributed by atoms with Crippen molar-refractivity contribution in [2.24, 2.45) is 0 Å². The molecule has 0 fully saturated rings. The van der Waals surface area contributed by atoms with Crippen molar-refractivity contribution in [2.45, 2.75) is 0 Å². The van der Waals surface area contributed by atoms with Gasteiger partial charge in [-0.25, -0.2) is 18.0 Å². The highest BCUT2D eigenvalue weighted by Gasteiger charge is 2.22. The van der Waals surface area contributed by atoms with Gasteiger partial charge in [-0.15, -0.1) is 0 Å². The number of carbonyl (C=O) groups is 1. The Bertz CT molecular complexity index is 393. The number of hydrogen-bond acceptors (Lipinski definition) is 2. The van der Waals surface area contributed by atoms with Crippen LogP contribution in [0.2, 0.25) is 5.02 Å². The molecule has 0 bridgehead atoms. The maximum Gasteiger partial charge on any atom is 0.341 e. The van der Waals surface area contributed by atoms with Crippen LogP contribution in [0, 0.1) is 17.5 Å². The predicted molar refractivity (Wildman–Crippen MR) is 42.7 cm³/mol. The standard InChI is InChI=1S/C8H4ClF3O2/c1-14-8(13)3-2-4(9)6(11)7(12)5(3)10/h2H,1H3. The molecule has 0 amide bonds. The summed E-state index contributed by atoms with van der Waals surface area (Å²) in [5.41, 5.74) is -0.739. The Morgan fingerprint density at radius 3 is 2.36 bits per heavy atom. The average molecular weight is 225 g/mol. The normalized spacial score (nSPS) is 10.1. The molecule has 0 saturated heterocycles. The molecule has 0 aliphatic heterocycles. The van der Waals surface area contributed by atoms with E-state index in [1.54, 1.807) is 0 Å². The minimum atomic E-state index is -1.79. The smallest absolute Gasteiger partial charge is 0.341 e. The Balaban J connectivity index is 3.40. The van der Waals surface area contributed by atoms with E-state index in [1.165, 1.54) is 0 Å². The summed E-state index contributed by atoms with van der Waals surface area (Å²) in [6.45, 7) is 0. The van der Waals surface area contributed by atoms with Gasteiger partial charge in [-0.1, -0.05) is 11.6 Å². The molecule has 1 aromatic carbocycles. The van der Waals surface area contributed by atoms with Crippen molar-refractivity contribution >= 4 is 17.6 Å².